The van der Waals surface area contributed by atoms with Crippen LogP contribution in [-0.2, 0) is 0 Å². The first-order valence-corrected chi connectivity index (χ1v) is 5.27. The van der Waals surface area contributed by atoms with Gasteiger partial charge in [0.2, 0.25) is 0 Å². The predicted molar refractivity (Wildman–Crippen MR) is 57.1 cm³/mol. The van der Waals surface area contributed by atoms with Crippen LogP contribution in [0.4, 0.5) is 8.78 Å². The highest BCUT2D eigenvalue weighted by Crippen LogP contribution is 2.31. The number of fused-ring (bicyclic) bond motifs is 1. The molecule has 2 aromatic rings. The lowest BCUT2D eigenvalue weighted by molar-refractivity contribution is 0.591. The normalized spacial score (nSPS) is 10.9. The first-order valence-electron chi connectivity index (χ1n) is 3.68. The fraction of sp³-hybridized carbons (Fsp3) is 0. The number of benzene rings is 1. The zero-order chi connectivity index (χ0) is 10.3. The molecule has 1 aromatic carbocycles. The van der Waals surface area contributed by atoms with E-state index in [1.165, 1.54) is 12.3 Å². The third-order valence-corrected chi connectivity index (χ3v) is 3.74. The second-order valence-corrected chi connectivity index (χ2v) is 4.35. The largest absolute Gasteiger partial charge is 0.255 e. The van der Waals surface area contributed by atoms with Gasteiger partial charge in [-0.15, -0.1) is 0 Å². The molecular weight excluding hydrogens is 320 g/mol. The highest BCUT2D eigenvalue weighted by molar-refractivity contribution is 9.13. The minimum atomic E-state index is -0.628. The topological polar surface area (TPSA) is 12.9 Å². The van der Waals surface area contributed by atoms with Crippen molar-refractivity contribution in [2.24, 2.45) is 0 Å². The quantitative estimate of drug-likeness (QED) is 0.713. The Morgan fingerprint density at radius 1 is 1.14 bits per heavy atom. The van der Waals surface area contributed by atoms with Crippen molar-refractivity contribution < 1.29 is 8.78 Å². The molecule has 0 aliphatic rings. The van der Waals surface area contributed by atoms with Crippen molar-refractivity contribution in [2.45, 2.75) is 0 Å². The Labute approximate surface area is 95.4 Å². The summed E-state index contributed by atoms with van der Waals surface area (Å²) < 4.78 is 27.4. The molecule has 1 heterocycles. The van der Waals surface area contributed by atoms with Crippen molar-refractivity contribution in [1.82, 2.24) is 4.98 Å². The lowest BCUT2D eigenvalue weighted by Crippen LogP contribution is -1.88. The summed E-state index contributed by atoms with van der Waals surface area (Å²) in [5, 5.41) is 0.278. The Morgan fingerprint density at radius 3 is 2.57 bits per heavy atom. The number of halogens is 4. The third kappa shape index (κ3) is 1.54. The van der Waals surface area contributed by atoms with Crippen molar-refractivity contribution >= 4 is 42.8 Å². The number of rotatable bonds is 0. The molecule has 0 radical (unpaired) electrons. The molecule has 0 amide bonds. The Balaban J connectivity index is 2.95. The standard InChI is InChI=1S/C9H3Br2F2N/c10-5-3-14-7-2-4(12)1-6(13)8(7)9(5)11/h1-3H. The van der Waals surface area contributed by atoms with Gasteiger partial charge in [0, 0.05) is 22.8 Å². The van der Waals surface area contributed by atoms with Crippen LogP contribution in [0, 0.1) is 11.6 Å². The van der Waals surface area contributed by atoms with Gasteiger partial charge in [0.05, 0.1) is 15.4 Å². The zero-order valence-corrected chi connectivity index (χ0v) is 9.86. The Bertz CT molecular complexity index is 514. The monoisotopic (exact) mass is 321 g/mol. The fourth-order valence-electron chi connectivity index (χ4n) is 1.18. The van der Waals surface area contributed by atoms with Crippen molar-refractivity contribution in [2.75, 3.05) is 0 Å². The third-order valence-electron chi connectivity index (χ3n) is 1.78. The van der Waals surface area contributed by atoms with E-state index in [0.29, 0.717) is 8.95 Å². The second-order valence-electron chi connectivity index (χ2n) is 2.70. The van der Waals surface area contributed by atoms with E-state index < -0.39 is 11.6 Å². The summed E-state index contributed by atoms with van der Waals surface area (Å²) in [5.74, 6) is -1.25. The lowest BCUT2D eigenvalue weighted by atomic mass is 10.2. The molecule has 0 aliphatic carbocycles. The van der Waals surface area contributed by atoms with Crippen LogP contribution in [0.15, 0.2) is 27.3 Å². The molecule has 0 N–H and O–H groups in total. The Hall–Kier alpha value is -0.550. The van der Waals surface area contributed by atoms with E-state index in [1.54, 1.807) is 0 Å². The fourth-order valence-corrected chi connectivity index (χ4v) is 1.98. The average molecular weight is 323 g/mol. The molecule has 1 aromatic heterocycles. The predicted octanol–water partition coefficient (Wildman–Crippen LogP) is 4.04. The molecule has 0 aliphatic heterocycles. The summed E-state index contributed by atoms with van der Waals surface area (Å²) in [6.45, 7) is 0. The molecule has 2 rings (SSSR count). The van der Waals surface area contributed by atoms with Gasteiger partial charge in [-0.25, -0.2) is 8.78 Å². The Morgan fingerprint density at radius 2 is 1.86 bits per heavy atom. The van der Waals surface area contributed by atoms with Crippen LogP contribution in [0.3, 0.4) is 0 Å². The summed E-state index contributed by atoms with van der Waals surface area (Å²) >= 11 is 6.41. The summed E-state index contributed by atoms with van der Waals surface area (Å²) in [7, 11) is 0. The van der Waals surface area contributed by atoms with Gasteiger partial charge in [-0.3, -0.25) is 4.98 Å². The Kier molecular flexibility index (Phi) is 2.53. The van der Waals surface area contributed by atoms with Crippen molar-refractivity contribution in [3.05, 3.63) is 38.9 Å². The summed E-state index contributed by atoms with van der Waals surface area (Å²) in [5.41, 5.74) is 0.289. The molecule has 0 bridgehead atoms. The van der Waals surface area contributed by atoms with E-state index in [9.17, 15) is 8.78 Å². The van der Waals surface area contributed by atoms with E-state index in [1.807, 2.05) is 0 Å². The van der Waals surface area contributed by atoms with Gasteiger partial charge in [-0.2, -0.15) is 0 Å². The highest BCUT2D eigenvalue weighted by Gasteiger charge is 2.10. The molecule has 72 valence electrons. The van der Waals surface area contributed by atoms with E-state index in [0.717, 1.165) is 6.07 Å². The molecular formula is C9H3Br2F2N. The second kappa shape index (κ2) is 3.55. The van der Waals surface area contributed by atoms with Gasteiger partial charge < -0.3 is 0 Å². The molecule has 14 heavy (non-hydrogen) atoms. The summed E-state index contributed by atoms with van der Waals surface area (Å²) in [6, 6.07) is 2.02. The number of nitrogens with zero attached hydrogens (tertiary/aromatic N) is 1. The first kappa shape index (κ1) is 9.98. The van der Waals surface area contributed by atoms with E-state index in [2.05, 4.69) is 36.8 Å². The van der Waals surface area contributed by atoms with Gasteiger partial charge in [0.1, 0.15) is 11.6 Å². The summed E-state index contributed by atoms with van der Waals surface area (Å²) in [6.07, 6.45) is 1.49. The number of hydrogen-bond acceptors (Lipinski definition) is 1. The van der Waals surface area contributed by atoms with Crippen LogP contribution in [-0.4, -0.2) is 4.98 Å². The van der Waals surface area contributed by atoms with Gasteiger partial charge >= 0.3 is 0 Å². The van der Waals surface area contributed by atoms with Crippen LogP contribution in [0.5, 0.6) is 0 Å². The number of aromatic nitrogens is 1. The van der Waals surface area contributed by atoms with E-state index >= 15 is 0 Å². The maximum absolute atomic E-state index is 13.4. The molecule has 0 spiro atoms. The minimum absolute atomic E-state index is 0.278. The summed E-state index contributed by atoms with van der Waals surface area (Å²) in [4.78, 5) is 3.91. The lowest BCUT2D eigenvalue weighted by Gasteiger charge is -2.03. The van der Waals surface area contributed by atoms with Crippen LogP contribution in [0.25, 0.3) is 10.9 Å². The van der Waals surface area contributed by atoms with Gasteiger partial charge in [0.25, 0.3) is 0 Å². The number of hydrogen-bond donors (Lipinski definition) is 0. The molecule has 0 atom stereocenters. The smallest absolute Gasteiger partial charge is 0.136 e. The molecule has 0 saturated carbocycles. The van der Waals surface area contributed by atoms with Gasteiger partial charge in [-0.1, -0.05) is 0 Å². The number of pyridine rings is 1. The van der Waals surface area contributed by atoms with E-state index in [-0.39, 0.29) is 10.9 Å². The first-order chi connectivity index (χ1) is 6.59. The van der Waals surface area contributed by atoms with Crippen LogP contribution >= 0.6 is 31.9 Å². The van der Waals surface area contributed by atoms with Gasteiger partial charge in [-0.05, 0) is 31.9 Å². The maximum atomic E-state index is 13.4. The molecule has 0 fully saturated rings. The van der Waals surface area contributed by atoms with Gasteiger partial charge in [0.15, 0.2) is 0 Å². The highest BCUT2D eigenvalue weighted by atomic mass is 79.9. The van der Waals surface area contributed by atoms with Crippen LogP contribution in [0.2, 0.25) is 0 Å². The van der Waals surface area contributed by atoms with E-state index in [4.69, 9.17) is 0 Å². The van der Waals surface area contributed by atoms with Crippen LogP contribution in [0.1, 0.15) is 0 Å². The van der Waals surface area contributed by atoms with Crippen molar-refractivity contribution in [3.8, 4) is 0 Å². The SMILES string of the molecule is Fc1cc(F)c2c(Br)c(Br)cnc2c1. The maximum Gasteiger partial charge on any atom is 0.136 e. The minimum Gasteiger partial charge on any atom is -0.255 e. The van der Waals surface area contributed by atoms with Crippen molar-refractivity contribution in [1.29, 1.82) is 0 Å². The zero-order valence-electron chi connectivity index (χ0n) is 6.69. The molecule has 0 unspecified atom stereocenters. The molecule has 0 saturated heterocycles. The van der Waals surface area contributed by atoms with Crippen LogP contribution < -0.4 is 0 Å². The average Bonchev–Trinajstić information content (AvgIpc) is 2.10. The van der Waals surface area contributed by atoms with Crippen molar-refractivity contribution in [3.63, 3.8) is 0 Å². The molecule has 5 heteroatoms. The molecule has 1 nitrogen and oxygen atoms in total.